The van der Waals surface area contributed by atoms with E-state index in [0.717, 1.165) is 64.2 Å². The van der Waals surface area contributed by atoms with Crippen LogP contribution in [-0.4, -0.2) is 27.8 Å². The second-order valence-corrected chi connectivity index (χ2v) is 12.2. The quantitative estimate of drug-likeness (QED) is 0.0233. The summed E-state index contributed by atoms with van der Waals surface area (Å²) in [6.07, 6.45) is 58.1. The molecule has 0 aliphatic carbocycles. The molecule has 0 aromatic rings. The topological polar surface area (TPSA) is 89.9 Å². The molecule has 5 nitrogen and oxygen atoms in total. The van der Waals surface area contributed by atoms with Gasteiger partial charge in [-0.05, 0) is 103 Å². The Morgan fingerprint density at radius 3 is 0.979 bits per heavy atom. The number of nitrogens with zero attached hydrogens (tertiary/aromatic N) is 4. The van der Waals surface area contributed by atoms with Gasteiger partial charge in [0, 0.05) is 0 Å². The van der Waals surface area contributed by atoms with Crippen molar-refractivity contribution in [2.45, 2.75) is 142 Å². The van der Waals surface area contributed by atoms with Crippen molar-refractivity contribution in [3.05, 3.63) is 108 Å². The summed E-state index contributed by atoms with van der Waals surface area (Å²) in [5.74, 6) is -1.06. The van der Waals surface area contributed by atoms with Gasteiger partial charge in [-0.3, -0.25) is 4.79 Å². The number of rotatable bonds is 32. The lowest BCUT2D eigenvalue weighted by atomic mass is 9.87. The molecule has 0 N–H and O–H groups in total. The van der Waals surface area contributed by atoms with E-state index < -0.39 is 11.8 Å². The lowest BCUT2D eigenvalue weighted by Crippen LogP contribution is -2.26. The van der Waals surface area contributed by atoms with E-state index in [1.165, 1.54) is 63.8 Å². The normalized spacial score (nSPS) is 13.7. The molecule has 0 fully saturated rings. The molecule has 0 aromatic heterocycles. The summed E-state index contributed by atoms with van der Waals surface area (Å²) in [4.78, 5) is 19.5. The fourth-order valence-electron chi connectivity index (χ4n) is 5.05. The number of carbonyl (C=O) groups excluding carboxylic acids is 1. The van der Waals surface area contributed by atoms with Gasteiger partial charge >= 0.3 is 0 Å². The van der Waals surface area contributed by atoms with Gasteiger partial charge in [-0.2, -0.15) is 9.58 Å². The van der Waals surface area contributed by atoms with Crippen molar-refractivity contribution in [2.75, 3.05) is 0 Å². The van der Waals surface area contributed by atoms with Crippen molar-refractivity contribution >= 4 is 18.2 Å². The van der Waals surface area contributed by atoms with Gasteiger partial charge < -0.3 is 11.1 Å². The van der Waals surface area contributed by atoms with Gasteiger partial charge in [-0.1, -0.05) is 137 Å². The molecular weight excluding hydrogens is 589 g/mol. The molecule has 0 aromatic carbocycles. The minimum absolute atomic E-state index is 0.0653. The first-order valence-electron chi connectivity index (χ1n) is 18.8. The van der Waals surface area contributed by atoms with Crippen LogP contribution in [0.5, 0.6) is 0 Å². The van der Waals surface area contributed by atoms with Crippen molar-refractivity contribution in [3.63, 3.8) is 0 Å². The second kappa shape index (κ2) is 37.8. The Balaban J connectivity index is 4.26. The molecule has 264 valence electrons. The van der Waals surface area contributed by atoms with E-state index in [4.69, 9.17) is 11.1 Å². The van der Waals surface area contributed by atoms with Crippen LogP contribution in [0, 0.1) is 11.8 Å². The molecule has 0 heterocycles. The summed E-state index contributed by atoms with van der Waals surface area (Å²) < 4.78 is 0. The Kier molecular flexibility index (Phi) is 34.9. The van der Waals surface area contributed by atoms with Crippen LogP contribution < -0.4 is 0 Å². The van der Waals surface area contributed by atoms with Crippen LogP contribution in [0.15, 0.2) is 97.2 Å². The Hall–Kier alpha value is -3.65. The van der Waals surface area contributed by atoms with Crippen molar-refractivity contribution in [2.24, 2.45) is 11.8 Å². The van der Waals surface area contributed by atoms with Crippen LogP contribution in [0.4, 0.5) is 0 Å². The molecule has 5 heteroatoms. The summed E-state index contributed by atoms with van der Waals surface area (Å²) in [6, 6.07) is 0. The molecule has 0 aliphatic heterocycles. The number of allylic oxidation sites excluding steroid dienone is 16. The van der Waals surface area contributed by atoms with Crippen LogP contribution in [0.25, 0.3) is 11.1 Å². The van der Waals surface area contributed by atoms with Crippen LogP contribution in [0.3, 0.4) is 0 Å². The Morgan fingerprint density at radius 2 is 0.708 bits per heavy atom. The molecule has 0 saturated heterocycles. The summed E-state index contributed by atoms with van der Waals surface area (Å²) in [6.45, 7) is 4.46. The van der Waals surface area contributed by atoms with E-state index >= 15 is 0 Å². The van der Waals surface area contributed by atoms with E-state index in [0.29, 0.717) is 12.8 Å². The van der Waals surface area contributed by atoms with E-state index in [-0.39, 0.29) is 5.78 Å². The van der Waals surface area contributed by atoms with E-state index in [2.05, 4.69) is 121 Å². The standard InChI is InChI=1S/C43H66N4O/c1-3-5-7-9-11-13-15-17-19-21-23-25-27-29-31-33-35-37-41(39-46-44)43(48)42(40-47-45)38-36-34-32-30-28-26-24-22-20-18-16-14-12-10-8-6-4-2/h11-14,17-20,23-26,29-32,39-42H,3-10,15-16,21-22,27-28,33-38H2,1-2H3/b13-11-,14-12-,19-17-,20-18-,25-23-,26-24-,31-29-,32-30-. The first-order chi connectivity index (χ1) is 23.7. The molecule has 0 bridgehead atoms. The molecule has 0 spiro atoms. The number of ketones is 1. The monoisotopic (exact) mass is 655 g/mol. The SMILES string of the molecule is CCCCC/C=C\C/C=C\C/C=C\C/C=C\CCCC(C=[N+]=[N-])C(=O)C(C=[N+]=[N-])CCC/C=C\C/C=C\C/C=C\C/C=C\CCCCC. The molecular formula is C43H66N4O. The third-order valence-electron chi connectivity index (χ3n) is 7.91. The molecule has 2 unspecified atom stereocenters. The summed E-state index contributed by atoms with van der Waals surface area (Å²) in [5.41, 5.74) is 18.3. The number of Topliss-reactive ketones (excluding diaryl/α,β-unsaturated/α-hetero) is 1. The number of hydrogen-bond donors (Lipinski definition) is 0. The van der Waals surface area contributed by atoms with Crippen LogP contribution in [0.1, 0.15) is 142 Å². The summed E-state index contributed by atoms with van der Waals surface area (Å²) in [5, 5.41) is 0. The third kappa shape index (κ3) is 31.0. The maximum Gasteiger partial charge on any atom is 0.267 e. The number of carbonyl (C=O) groups is 1. The van der Waals surface area contributed by atoms with E-state index in [9.17, 15) is 4.79 Å². The largest absolute Gasteiger partial charge is 0.362 e. The van der Waals surface area contributed by atoms with E-state index in [1.807, 2.05) is 0 Å². The molecule has 0 radical (unpaired) electrons. The van der Waals surface area contributed by atoms with Crippen molar-refractivity contribution in [1.29, 1.82) is 0 Å². The lowest BCUT2D eigenvalue weighted by Gasteiger charge is -2.11. The Bertz CT molecular complexity index is 1020. The van der Waals surface area contributed by atoms with E-state index in [1.54, 1.807) is 0 Å². The summed E-state index contributed by atoms with van der Waals surface area (Å²) in [7, 11) is 0. The number of hydrogen-bond acceptors (Lipinski definition) is 1. The van der Waals surface area contributed by atoms with Gasteiger partial charge in [-0.15, -0.1) is 0 Å². The second-order valence-electron chi connectivity index (χ2n) is 12.2. The average Bonchev–Trinajstić information content (AvgIpc) is 3.09. The molecule has 0 aliphatic rings. The Morgan fingerprint density at radius 1 is 0.438 bits per heavy atom. The maximum atomic E-state index is 13.2. The highest BCUT2D eigenvalue weighted by atomic mass is 16.1. The molecule has 0 rings (SSSR count). The van der Waals surface area contributed by atoms with Crippen molar-refractivity contribution in [1.82, 2.24) is 0 Å². The van der Waals surface area contributed by atoms with Gasteiger partial charge in [0.25, 0.3) is 12.4 Å². The Labute approximate surface area is 294 Å². The molecule has 0 saturated carbocycles. The fourth-order valence-corrected chi connectivity index (χ4v) is 5.05. The molecule has 48 heavy (non-hydrogen) atoms. The zero-order valence-electron chi connectivity index (χ0n) is 30.4. The number of unbranched alkanes of at least 4 members (excludes halogenated alkanes) is 8. The average molecular weight is 655 g/mol. The maximum absolute atomic E-state index is 13.2. The van der Waals surface area contributed by atoms with Crippen LogP contribution in [-0.2, 0) is 4.79 Å². The summed E-state index contributed by atoms with van der Waals surface area (Å²) >= 11 is 0. The smallest absolute Gasteiger partial charge is 0.267 e. The zero-order valence-corrected chi connectivity index (χ0v) is 30.4. The predicted molar refractivity (Wildman–Crippen MR) is 208 cm³/mol. The van der Waals surface area contributed by atoms with Gasteiger partial charge in [0.2, 0.25) is 0 Å². The minimum atomic E-state index is -0.499. The fraction of sp³-hybridized carbons (Fsp3) is 0.558. The first kappa shape index (κ1) is 44.4. The highest BCUT2D eigenvalue weighted by molar-refractivity contribution is 6.02. The first-order valence-corrected chi connectivity index (χ1v) is 18.8. The molecule has 0 amide bonds. The zero-order chi connectivity index (χ0) is 35.0. The van der Waals surface area contributed by atoms with Crippen LogP contribution in [0.2, 0.25) is 0 Å². The van der Waals surface area contributed by atoms with Gasteiger partial charge in [0.15, 0.2) is 5.78 Å². The lowest BCUT2D eigenvalue weighted by molar-refractivity contribution is -0.124. The van der Waals surface area contributed by atoms with Gasteiger partial charge in [0.1, 0.15) is 11.8 Å². The van der Waals surface area contributed by atoms with Crippen LogP contribution >= 0.6 is 0 Å². The minimum Gasteiger partial charge on any atom is -0.362 e. The van der Waals surface area contributed by atoms with Gasteiger partial charge in [-0.25, -0.2) is 0 Å². The van der Waals surface area contributed by atoms with Gasteiger partial charge in [0.05, 0.1) is 0 Å². The van der Waals surface area contributed by atoms with Crippen molar-refractivity contribution in [3.8, 4) is 0 Å². The third-order valence-corrected chi connectivity index (χ3v) is 7.91. The highest BCUT2D eigenvalue weighted by Crippen LogP contribution is 2.17. The molecule has 2 atom stereocenters. The van der Waals surface area contributed by atoms with Crippen molar-refractivity contribution < 1.29 is 14.4 Å². The highest BCUT2D eigenvalue weighted by Gasteiger charge is 2.29. The predicted octanol–water partition coefficient (Wildman–Crippen LogP) is 12.7.